The molecule has 55 valence electrons. The van der Waals surface area contributed by atoms with E-state index in [1.165, 1.54) is 6.92 Å². The zero-order valence-corrected chi connectivity index (χ0v) is 9.36. The van der Waals surface area contributed by atoms with Gasteiger partial charge in [-0.2, -0.15) is 12.6 Å². The van der Waals surface area contributed by atoms with Gasteiger partial charge in [0.1, 0.15) is 0 Å². The van der Waals surface area contributed by atoms with Gasteiger partial charge in [-0.1, -0.05) is 6.04 Å². The fourth-order valence-corrected chi connectivity index (χ4v) is 0.524. The molecule has 10 heavy (non-hydrogen) atoms. The first-order valence-electron chi connectivity index (χ1n) is 2.46. The van der Waals surface area contributed by atoms with Gasteiger partial charge in [0.15, 0.2) is 0 Å². The molecule has 0 fully saturated rings. The normalized spacial score (nSPS) is 11.0. The van der Waals surface area contributed by atoms with Gasteiger partial charge in [0.05, 0.1) is 0 Å². The molecule has 0 spiro atoms. The third kappa shape index (κ3) is 6.71. The van der Waals surface area contributed by atoms with E-state index in [0.29, 0.717) is 5.75 Å². The van der Waals surface area contributed by atoms with E-state index in [2.05, 4.69) is 17.9 Å². The van der Waals surface area contributed by atoms with Crippen molar-refractivity contribution in [1.82, 2.24) is 5.32 Å². The van der Waals surface area contributed by atoms with Gasteiger partial charge in [-0.3, -0.25) is 4.79 Å². The Balaban J connectivity index is 0. The van der Waals surface area contributed by atoms with Crippen LogP contribution in [0.3, 0.4) is 0 Å². The van der Waals surface area contributed by atoms with Crippen molar-refractivity contribution >= 4 is 24.8 Å². The summed E-state index contributed by atoms with van der Waals surface area (Å²) in [7, 11) is 0. The van der Waals surface area contributed by atoms with Gasteiger partial charge in [-0.15, -0.1) is 0 Å². The molecule has 1 amide bonds. The van der Waals surface area contributed by atoms with Crippen molar-refractivity contribution in [3.8, 4) is 0 Å². The predicted octanol–water partition coefficient (Wildman–Crippen LogP) is -0.472. The van der Waals surface area contributed by atoms with Crippen LogP contribution >= 0.6 is 12.6 Å². The minimum Gasteiger partial charge on any atom is -0.540 e. The summed E-state index contributed by atoms with van der Waals surface area (Å²) in [5, 5.41) is 2.34. The first-order chi connectivity index (χ1) is 4.20. The molecule has 5 heteroatoms. The second-order valence-corrected chi connectivity index (χ2v) is 1.92. The van der Waals surface area contributed by atoms with Crippen molar-refractivity contribution in [2.24, 2.45) is 0 Å². The number of thiol groups is 1. The molecule has 0 bridgehead atoms. The number of hydrogen-bond acceptors (Lipinski definition) is 3. The van der Waals surface area contributed by atoms with Crippen LogP contribution in [0.5, 0.6) is 0 Å². The van der Waals surface area contributed by atoms with E-state index in [1.54, 1.807) is 6.29 Å². The van der Waals surface area contributed by atoms with Crippen molar-refractivity contribution in [2.75, 3.05) is 5.75 Å². The molecule has 0 saturated carbocycles. The van der Waals surface area contributed by atoms with Crippen LogP contribution in [0.1, 0.15) is 6.92 Å². The van der Waals surface area contributed by atoms with Gasteiger partial charge in [0, 0.05) is 39.6 Å². The van der Waals surface area contributed by atoms with Crippen LogP contribution in [0.2, 0.25) is 0 Å². The Labute approximate surface area is 90.6 Å². The Morgan fingerprint density at radius 3 is 2.40 bits per heavy atom. The molecule has 0 saturated heterocycles. The summed E-state index contributed by atoms with van der Waals surface area (Å²) in [5.74, 6) is 0.0562. The zero-order chi connectivity index (χ0) is 7.28. The second-order valence-electron chi connectivity index (χ2n) is 1.55. The summed E-state index contributed by atoms with van der Waals surface area (Å²) < 4.78 is 0. The van der Waals surface area contributed by atoms with Crippen LogP contribution in [-0.2, 0) is 42.3 Å². The molecule has 1 atom stereocenters. The van der Waals surface area contributed by atoms with Gasteiger partial charge < -0.3 is 10.1 Å². The Kier molecular flexibility index (Phi) is 10.2. The molecule has 0 aromatic rings. The maximum atomic E-state index is 10.2. The van der Waals surface area contributed by atoms with E-state index in [-0.39, 0.29) is 38.6 Å². The Hall–Kier alpha value is 0.594. The van der Waals surface area contributed by atoms with E-state index < -0.39 is 6.04 Å². The summed E-state index contributed by atoms with van der Waals surface area (Å²) in [5.41, 5.74) is 0. The average Bonchev–Trinajstić information content (AvgIpc) is 1.82. The summed E-state index contributed by atoms with van der Waals surface area (Å²) in [4.78, 5) is 20.1. The first kappa shape index (κ1) is 13.2. The van der Waals surface area contributed by atoms with E-state index >= 15 is 0 Å². The molecule has 1 N–H and O–H groups in total. The number of nitrogens with one attached hydrogen (secondary N) is 1. The third-order valence-corrected chi connectivity index (χ3v) is 1.07. The zero-order valence-electron chi connectivity index (χ0n) is 5.63. The van der Waals surface area contributed by atoms with Gasteiger partial charge in [-0.05, 0) is 5.75 Å². The van der Waals surface area contributed by atoms with Gasteiger partial charge in [0.2, 0.25) is 5.91 Å². The largest absolute Gasteiger partial charge is 0.540 e. The molecule has 3 nitrogen and oxygen atoms in total. The molecule has 0 aliphatic rings. The Morgan fingerprint density at radius 2 is 2.30 bits per heavy atom. The van der Waals surface area contributed by atoms with Crippen LogP contribution in [0, 0.1) is 0 Å². The molecule has 1 radical (unpaired) electrons. The van der Waals surface area contributed by atoms with E-state index in [4.69, 9.17) is 0 Å². The second kappa shape index (κ2) is 7.70. The van der Waals surface area contributed by atoms with Gasteiger partial charge in [-0.25, -0.2) is 6.29 Å². The van der Waals surface area contributed by atoms with Crippen molar-refractivity contribution in [3.05, 3.63) is 0 Å². The number of amides is 1. The number of hydrogen-bond donors (Lipinski definition) is 2. The standard InChI is InChI=1S/C5H8NO2S.Y/c1-4(8)6-5(2-7)3-9;/h5,9H,3H2,1H3,(H,6,8);/q-1;. The van der Waals surface area contributed by atoms with E-state index in [9.17, 15) is 9.59 Å². The minimum absolute atomic E-state index is 0. The molecular weight excluding hydrogens is 227 g/mol. The van der Waals surface area contributed by atoms with Crippen molar-refractivity contribution < 1.29 is 42.3 Å². The summed E-state index contributed by atoms with van der Waals surface area (Å²) in [6.07, 6.45) is 1.62. The van der Waals surface area contributed by atoms with Crippen LogP contribution in [-0.4, -0.2) is 24.0 Å². The minimum atomic E-state index is -0.564. The first-order valence-corrected chi connectivity index (χ1v) is 3.09. The summed E-state index contributed by atoms with van der Waals surface area (Å²) in [6, 6.07) is -0.564. The van der Waals surface area contributed by atoms with Gasteiger partial charge >= 0.3 is 0 Å². The smallest absolute Gasteiger partial charge is 0.214 e. The molecular formula is C5H8NO2SY-. The summed E-state index contributed by atoms with van der Waals surface area (Å²) >= 11 is 3.79. The van der Waals surface area contributed by atoms with Crippen LogP contribution < -0.4 is 5.32 Å². The van der Waals surface area contributed by atoms with Crippen LogP contribution in [0.25, 0.3) is 0 Å². The maximum Gasteiger partial charge on any atom is 0.214 e. The number of carbonyl (C=O) groups excluding carboxylic acids is 2. The molecule has 0 aliphatic carbocycles. The molecule has 0 aromatic carbocycles. The SMILES string of the molecule is CC(=O)NC([C-]=O)CS.[Y]. The molecule has 0 aromatic heterocycles. The maximum absolute atomic E-state index is 10.2. The molecule has 0 rings (SSSR count). The van der Waals surface area contributed by atoms with Crippen molar-refractivity contribution in [1.29, 1.82) is 0 Å². The third-order valence-electron chi connectivity index (χ3n) is 0.702. The van der Waals surface area contributed by atoms with E-state index in [0.717, 1.165) is 0 Å². The van der Waals surface area contributed by atoms with Crippen LogP contribution in [0.15, 0.2) is 0 Å². The fraction of sp³-hybridized carbons (Fsp3) is 0.600. The predicted molar refractivity (Wildman–Crippen MR) is 37.2 cm³/mol. The Bertz CT molecular complexity index is 120. The number of carbonyl (C=O) groups is 1. The monoisotopic (exact) mass is 235 g/mol. The quantitative estimate of drug-likeness (QED) is 0.513. The molecule has 1 unspecified atom stereocenters. The summed E-state index contributed by atoms with van der Waals surface area (Å²) in [6.45, 7) is 1.34. The van der Waals surface area contributed by atoms with Crippen molar-refractivity contribution in [3.63, 3.8) is 0 Å². The molecule has 0 aliphatic heterocycles. The van der Waals surface area contributed by atoms with Gasteiger partial charge in [0.25, 0.3) is 0 Å². The van der Waals surface area contributed by atoms with Crippen LogP contribution in [0.4, 0.5) is 0 Å². The topological polar surface area (TPSA) is 46.2 Å². The Morgan fingerprint density at radius 1 is 1.80 bits per heavy atom. The van der Waals surface area contributed by atoms with Crippen molar-refractivity contribution in [2.45, 2.75) is 13.0 Å². The average molecular weight is 235 g/mol. The van der Waals surface area contributed by atoms with E-state index in [1.807, 2.05) is 0 Å². The number of rotatable bonds is 3. The molecule has 0 heterocycles. The fourth-order valence-electron chi connectivity index (χ4n) is 0.358.